The highest BCUT2D eigenvalue weighted by molar-refractivity contribution is 5.73. The number of hydrogen-bond acceptors (Lipinski definition) is 2. The molecule has 0 aliphatic carbocycles. The molecule has 0 aliphatic heterocycles. The Morgan fingerprint density at radius 2 is 1.64 bits per heavy atom. The van der Waals surface area contributed by atoms with E-state index in [1.54, 1.807) is 10.9 Å². The molecule has 2 amide bonds. The number of nitrogens with one attached hydrogen (secondary N) is 2. The van der Waals surface area contributed by atoms with Gasteiger partial charge in [-0.1, -0.05) is 48.5 Å². The number of carbonyl (C=O) groups is 1. The minimum Gasteiger partial charge on any atom is -0.338 e. The number of rotatable bonds is 7. The number of para-hydroxylation sites is 1. The molecule has 0 saturated carbocycles. The second-order valence-electron chi connectivity index (χ2n) is 5.83. The van der Waals surface area contributed by atoms with E-state index in [1.807, 2.05) is 54.7 Å². The fourth-order valence-corrected chi connectivity index (χ4v) is 2.56. The SMILES string of the molecule is O=C(NCCCc1ccccc1)NCc1cnn(-c2ccccc2)c1. The molecule has 128 valence electrons. The van der Waals surface area contributed by atoms with Crippen LogP contribution in [0, 0.1) is 0 Å². The molecule has 0 spiro atoms. The average molecular weight is 334 g/mol. The Labute approximate surface area is 147 Å². The molecule has 25 heavy (non-hydrogen) atoms. The van der Waals surface area contributed by atoms with Crippen LogP contribution in [-0.2, 0) is 13.0 Å². The topological polar surface area (TPSA) is 59.0 Å². The monoisotopic (exact) mass is 334 g/mol. The zero-order chi connectivity index (χ0) is 17.3. The lowest BCUT2D eigenvalue weighted by Gasteiger charge is -2.06. The molecule has 3 aromatic rings. The van der Waals surface area contributed by atoms with Crippen LogP contribution in [0.15, 0.2) is 73.1 Å². The Bertz CT molecular complexity index is 784. The van der Waals surface area contributed by atoms with Gasteiger partial charge in [0.1, 0.15) is 0 Å². The molecule has 0 aliphatic rings. The highest BCUT2D eigenvalue weighted by Crippen LogP contribution is 2.07. The highest BCUT2D eigenvalue weighted by atomic mass is 16.2. The van der Waals surface area contributed by atoms with Crippen molar-refractivity contribution in [3.05, 3.63) is 84.2 Å². The van der Waals surface area contributed by atoms with Crippen LogP contribution < -0.4 is 10.6 Å². The lowest BCUT2D eigenvalue weighted by atomic mass is 10.1. The zero-order valence-corrected chi connectivity index (χ0v) is 14.1. The van der Waals surface area contributed by atoms with Crippen molar-refractivity contribution in [2.24, 2.45) is 0 Å². The minimum absolute atomic E-state index is 0.152. The zero-order valence-electron chi connectivity index (χ0n) is 14.1. The number of aryl methyl sites for hydroxylation is 1. The van der Waals surface area contributed by atoms with Crippen molar-refractivity contribution in [3.8, 4) is 5.69 Å². The predicted octanol–water partition coefficient (Wildman–Crippen LogP) is 3.30. The summed E-state index contributed by atoms with van der Waals surface area (Å²) in [7, 11) is 0. The van der Waals surface area contributed by atoms with Gasteiger partial charge in [-0.15, -0.1) is 0 Å². The molecule has 0 saturated heterocycles. The second-order valence-corrected chi connectivity index (χ2v) is 5.83. The van der Waals surface area contributed by atoms with Crippen LogP contribution in [-0.4, -0.2) is 22.4 Å². The molecule has 5 nitrogen and oxygen atoms in total. The minimum atomic E-state index is -0.152. The van der Waals surface area contributed by atoms with E-state index in [2.05, 4.69) is 27.9 Å². The van der Waals surface area contributed by atoms with Crippen LogP contribution in [0.1, 0.15) is 17.5 Å². The maximum atomic E-state index is 11.9. The number of urea groups is 1. The summed E-state index contributed by atoms with van der Waals surface area (Å²) in [5.74, 6) is 0. The van der Waals surface area contributed by atoms with Gasteiger partial charge in [-0.3, -0.25) is 0 Å². The summed E-state index contributed by atoms with van der Waals surface area (Å²) < 4.78 is 1.80. The van der Waals surface area contributed by atoms with Crippen molar-refractivity contribution in [1.29, 1.82) is 0 Å². The number of amides is 2. The highest BCUT2D eigenvalue weighted by Gasteiger charge is 2.03. The van der Waals surface area contributed by atoms with E-state index < -0.39 is 0 Å². The van der Waals surface area contributed by atoms with Gasteiger partial charge < -0.3 is 10.6 Å². The van der Waals surface area contributed by atoms with Gasteiger partial charge in [-0.25, -0.2) is 9.48 Å². The molecule has 0 atom stereocenters. The van der Waals surface area contributed by atoms with Gasteiger partial charge in [-0.05, 0) is 30.5 Å². The normalized spacial score (nSPS) is 10.4. The Kier molecular flexibility index (Phi) is 5.82. The van der Waals surface area contributed by atoms with Crippen molar-refractivity contribution >= 4 is 6.03 Å². The second kappa shape index (κ2) is 8.68. The van der Waals surface area contributed by atoms with Crippen LogP contribution >= 0.6 is 0 Å². The van der Waals surface area contributed by atoms with Gasteiger partial charge in [0.2, 0.25) is 0 Å². The Balaban J connectivity index is 1.37. The molecule has 0 bridgehead atoms. The molecule has 1 heterocycles. The third-order valence-electron chi connectivity index (χ3n) is 3.88. The summed E-state index contributed by atoms with van der Waals surface area (Å²) in [4.78, 5) is 11.9. The summed E-state index contributed by atoms with van der Waals surface area (Å²) in [6, 6.07) is 20.0. The van der Waals surface area contributed by atoms with Gasteiger partial charge in [0.05, 0.1) is 11.9 Å². The molecular weight excluding hydrogens is 312 g/mol. The first-order chi connectivity index (χ1) is 12.3. The summed E-state index contributed by atoms with van der Waals surface area (Å²) >= 11 is 0. The van der Waals surface area contributed by atoms with E-state index in [0.717, 1.165) is 24.1 Å². The Hall–Kier alpha value is -3.08. The Morgan fingerprint density at radius 3 is 2.40 bits per heavy atom. The first-order valence-corrected chi connectivity index (χ1v) is 8.46. The number of aromatic nitrogens is 2. The number of hydrogen-bond donors (Lipinski definition) is 2. The van der Waals surface area contributed by atoms with Crippen molar-refractivity contribution < 1.29 is 4.79 Å². The van der Waals surface area contributed by atoms with Gasteiger partial charge >= 0.3 is 6.03 Å². The lowest BCUT2D eigenvalue weighted by Crippen LogP contribution is -2.35. The quantitative estimate of drug-likeness (QED) is 0.651. The molecule has 0 unspecified atom stereocenters. The van der Waals surface area contributed by atoms with Crippen molar-refractivity contribution in [1.82, 2.24) is 20.4 Å². The van der Waals surface area contributed by atoms with Crippen LogP contribution in [0.3, 0.4) is 0 Å². The number of carbonyl (C=O) groups excluding carboxylic acids is 1. The molecule has 3 rings (SSSR count). The number of nitrogens with zero attached hydrogens (tertiary/aromatic N) is 2. The van der Waals surface area contributed by atoms with Crippen molar-refractivity contribution in [2.45, 2.75) is 19.4 Å². The molecule has 0 fully saturated rings. The van der Waals surface area contributed by atoms with Gasteiger partial charge in [0.25, 0.3) is 0 Å². The van der Waals surface area contributed by atoms with E-state index >= 15 is 0 Å². The van der Waals surface area contributed by atoms with Gasteiger partial charge in [-0.2, -0.15) is 5.10 Å². The standard InChI is InChI=1S/C20H22N4O/c25-20(21-13-7-10-17-8-3-1-4-9-17)22-14-18-15-23-24(16-18)19-11-5-2-6-12-19/h1-6,8-9,11-12,15-16H,7,10,13-14H2,(H2,21,22,25). The maximum absolute atomic E-state index is 11.9. The van der Waals surface area contributed by atoms with Crippen molar-refractivity contribution in [3.63, 3.8) is 0 Å². The van der Waals surface area contributed by atoms with Crippen LogP contribution in [0.5, 0.6) is 0 Å². The molecular formula is C20H22N4O. The predicted molar refractivity (Wildman–Crippen MR) is 98.6 cm³/mol. The Morgan fingerprint density at radius 1 is 0.920 bits per heavy atom. The fraction of sp³-hybridized carbons (Fsp3) is 0.200. The lowest BCUT2D eigenvalue weighted by molar-refractivity contribution is 0.240. The first kappa shape index (κ1) is 16.8. The van der Waals surface area contributed by atoms with E-state index in [1.165, 1.54) is 5.56 Å². The van der Waals surface area contributed by atoms with Crippen LogP contribution in [0.4, 0.5) is 4.79 Å². The van der Waals surface area contributed by atoms with Crippen LogP contribution in [0.25, 0.3) is 5.69 Å². The maximum Gasteiger partial charge on any atom is 0.315 e. The molecule has 5 heteroatoms. The largest absolute Gasteiger partial charge is 0.338 e. The molecule has 2 N–H and O–H groups in total. The van der Waals surface area contributed by atoms with E-state index in [4.69, 9.17) is 0 Å². The van der Waals surface area contributed by atoms with Gasteiger partial charge in [0.15, 0.2) is 0 Å². The summed E-state index contributed by atoms with van der Waals surface area (Å²) in [5, 5.41) is 10.1. The van der Waals surface area contributed by atoms with E-state index in [0.29, 0.717) is 13.1 Å². The molecule has 2 aromatic carbocycles. The smallest absolute Gasteiger partial charge is 0.315 e. The first-order valence-electron chi connectivity index (χ1n) is 8.46. The van der Waals surface area contributed by atoms with Crippen LogP contribution in [0.2, 0.25) is 0 Å². The van der Waals surface area contributed by atoms with Gasteiger partial charge in [0, 0.05) is 24.8 Å². The average Bonchev–Trinajstić information content (AvgIpc) is 3.14. The third kappa shape index (κ3) is 5.21. The molecule has 0 radical (unpaired) electrons. The van der Waals surface area contributed by atoms with E-state index in [-0.39, 0.29) is 6.03 Å². The number of benzene rings is 2. The summed E-state index contributed by atoms with van der Waals surface area (Å²) in [6.45, 7) is 1.11. The summed E-state index contributed by atoms with van der Waals surface area (Å²) in [6.07, 6.45) is 5.57. The van der Waals surface area contributed by atoms with E-state index in [9.17, 15) is 4.79 Å². The summed E-state index contributed by atoms with van der Waals surface area (Å²) in [5.41, 5.74) is 3.25. The van der Waals surface area contributed by atoms with Crippen molar-refractivity contribution in [2.75, 3.05) is 6.54 Å². The third-order valence-corrected chi connectivity index (χ3v) is 3.88. The molecule has 1 aromatic heterocycles. The fourth-order valence-electron chi connectivity index (χ4n) is 2.56.